The lowest BCUT2D eigenvalue weighted by Crippen LogP contribution is -2.54. The van der Waals surface area contributed by atoms with Crippen LogP contribution in [0.4, 0.5) is 10.2 Å². The van der Waals surface area contributed by atoms with Crippen LogP contribution < -0.4 is 4.90 Å². The molecule has 0 radical (unpaired) electrons. The molecule has 2 atom stereocenters. The van der Waals surface area contributed by atoms with Gasteiger partial charge in [-0.3, -0.25) is 0 Å². The second-order valence-corrected chi connectivity index (χ2v) is 7.56. The first-order chi connectivity index (χ1) is 10.9. The third kappa shape index (κ3) is 3.62. The summed E-state index contributed by atoms with van der Waals surface area (Å²) < 4.78 is 20.4. The minimum atomic E-state index is -0.391. The van der Waals surface area contributed by atoms with E-state index in [9.17, 15) is 9.50 Å². The van der Waals surface area contributed by atoms with Crippen molar-refractivity contribution in [1.29, 1.82) is 0 Å². The highest BCUT2D eigenvalue weighted by atomic mass is 35.5. The van der Waals surface area contributed by atoms with Gasteiger partial charge in [0, 0.05) is 25.7 Å². The number of rotatable bonds is 2. The van der Waals surface area contributed by atoms with Crippen molar-refractivity contribution in [2.75, 3.05) is 18.0 Å². The van der Waals surface area contributed by atoms with Gasteiger partial charge in [0.1, 0.15) is 0 Å². The number of aliphatic hydroxyl groups is 1. The zero-order valence-electron chi connectivity index (χ0n) is 13.6. The van der Waals surface area contributed by atoms with Gasteiger partial charge in [0.05, 0.1) is 22.8 Å². The molecule has 1 N–H and O–H groups in total. The van der Waals surface area contributed by atoms with Crippen LogP contribution in [0.25, 0.3) is 0 Å². The average Bonchev–Trinajstić information content (AvgIpc) is 2.48. The molecule has 3 rings (SSSR count). The summed E-state index contributed by atoms with van der Waals surface area (Å²) in [6.45, 7) is 5.59. The molecule has 1 aromatic rings. The number of hydrogen-bond donors (Lipinski definition) is 1. The smallest absolute Gasteiger partial charge is 0.167 e. The van der Waals surface area contributed by atoms with Crippen molar-refractivity contribution in [3.63, 3.8) is 0 Å². The van der Waals surface area contributed by atoms with Crippen LogP contribution in [0.2, 0.25) is 5.02 Å². The zero-order chi connectivity index (χ0) is 16.6. The van der Waals surface area contributed by atoms with Gasteiger partial charge in [0.15, 0.2) is 11.6 Å². The largest absolute Gasteiger partial charge is 0.393 e. The van der Waals surface area contributed by atoms with E-state index < -0.39 is 5.82 Å². The summed E-state index contributed by atoms with van der Waals surface area (Å²) >= 11 is 5.77. The van der Waals surface area contributed by atoms with E-state index in [0.29, 0.717) is 42.7 Å². The summed E-state index contributed by atoms with van der Waals surface area (Å²) in [7, 11) is 0. The van der Waals surface area contributed by atoms with E-state index in [0.717, 1.165) is 12.8 Å². The van der Waals surface area contributed by atoms with Gasteiger partial charge < -0.3 is 14.7 Å². The maximum absolute atomic E-state index is 14.0. The van der Waals surface area contributed by atoms with Crippen molar-refractivity contribution in [2.45, 2.75) is 57.3 Å². The molecule has 0 saturated carbocycles. The van der Waals surface area contributed by atoms with E-state index in [-0.39, 0.29) is 17.8 Å². The molecule has 0 bridgehead atoms. The van der Waals surface area contributed by atoms with Gasteiger partial charge in [-0.15, -0.1) is 0 Å². The van der Waals surface area contributed by atoms with Crippen molar-refractivity contribution < 1.29 is 14.2 Å². The van der Waals surface area contributed by atoms with Gasteiger partial charge in [-0.05, 0) is 31.2 Å². The second-order valence-electron chi connectivity index (χ2n) is 7.12. The summed E-state index contributed by atoms with van der Waals surface area (Å²) in [5.74, 6) is 0.342. The van der Waals surface area contributed by atoms with Crippen LogP contribution in [0.1, 0.15) is 39.5 Å². The number of anilines is 1. The minimum Gasteiger partial charge on any atom is -0.393 e. The number of ether oxygens (including phenoxy) is 1. The molecule has 2 aliphatic rings. The maximum atomic E-state index is 14.0. The third-order valence-corrected chi connectivity index (χ3v) is 5.23. The molecule has 3 heterocycles. The molecule has 2 fully saturated rings. The molecule has 2 saturated heterocycles. The molecule has 4 nitrogen and oxygen atoms in total. The fourth-order valence-electron chi connectivity index (χ4n) is 3.69. The van der Waals surface area contributed by atoms with Gasteiger partial charge >= 0.3 is 0 Å². The zero-order valence-corrected chi connectivity index (χ0v) is 14.4. The predicted molar refractivity (Wildman–Crippen MR) is 88.3 cm³/mol. The SMILES string of the molecule is CC(C)[C@H]1C[C@@H](O)CC2(CCN(c3ncc(Cl)cc3F)CC2)O1. The maximum Gasteiger partial charge on any atom is 0.167 e. The van der Waals surface area contributed by atoms with Crippen LogP contribution in [0.3, 0.4) is 0 Å². The Morgan fingerprint density at radius 2 is 2.13 bits per heavy atom. The van der Waals surface area contributed by atoms with Crippen molar-refractivity contribution in [3.8, 4) is 0 Å². The lowest BCUT2D eigenvalue weighted by Gasteiger charge is -2.49. The van der Waals surface area contributed by atoms with E-state index >= 15 is 0 Å². The Bertz CT molecular complexity index is 562. The van der Waals surface area contributed by atoms with Crippen LogP contribution >= 0.6 is 11.6 Å². The molecule has 23 heavy (non-hydrogen) atoms. The molecule has 0 aliphatic carbocycles. The highest BCUT2D eigenvalue weighted by Gasteiger charge is 2.44. The lowest BCUT2D eigenvalue weighted by atomic mass is 9.80. The quantitative estimate of drug-likeness (QED) is 0.894. The normalized spacial score (nSPS) is 27.7. The number of piperidine rings is 1. The second kappa shape index (κ2) is 6.54. The Balaban J connectivity index is 1.70. The van der Waals surface area contributed by atoms with Crippen molar-refractivity contribution in [1.82, 2.24) is 4.98 Å². The summed E-state index contributed by atoms with van der Waals surface area (Å²) in [5, 5.41) is 10.5. The Morgan fingerprint density at radius 1 is 1.43 bits per heavy atom. The predicted octanol–water partition coefficient (Wildman–Crippen LogP) is 3.41. The number of aromatic nitrogens is 1. The van der Waals surface area contributed by atoms with E-state index in [2.05, 4.69) is 18.8 Å². The highest BCUT2D eigenvalue weighted by Crippen LogP contribution is 2.40. The topological polar surface area (TPSA) is 45.6 Å². The van der Waals surface area contributed by atoms with Gasteiger partial charge in [0.2, 0.25) is 0 Å². The Morgan fingerprint density at radius 3 is 2.74 bits per heavy atom. The lowest BCUT2D eigenvalue weighted by molar-refractivity contribution is -0.183. The van der Waals surface area contributed by atoms with E-state index in [1.165, 1.54) is 12.3 Å². The van der Waals surface area contributed by atoms with E-state index in [4.69, 9.17) is 16.3 Å². The van der Waals surface area contributed by atoms with Crippen LogP contribution in [0, 0.1) is 11.7 Å². The number of aliphatic hydroxyl groups excluding tert-OH is 1. The average molecular weight is 343 g/mol. The number of pyridine rings is 1. The van der Waals surface area contributed by atoms with Crippen LogP contribution in [-0.4, -0.2) is 41.0 Å². The van der Waals surface area contributed by atoms with Crippen LogP contribution in [-0.2, 0) is 4.74 Å². The summed E-state index contributed by atoms with van der Waals surface area (Å²) in [4.78, 5) is 6.06. The van der Waals surface area contributed by atoms with Gasteiger partial charge in [-0.1, -0.05) is 25.4 Å². The van der Waals surface area contributed by atoms with Crippen molar-refractivity contribution in [2.24, 2.45) is 5.92 Å². The number of nitrogens with zero attached hydrogens (tertiary/aromatic N) is 2. The fraction of sp³-hybridized carbons (Fsp3) is 0.706. The van der Waals surface area contributed by atoms with Crippen LogP contribution in [0.5, 0.6) is 0 Å². The minimum absolute atomic E-state index is 0.0932. The molecule has 0 amide bonds. The van der Waals surface area contributed by atoms with E-state index in [1.807, 2.05) is 4.90 Å². The van der Waals surface area contributed by atoms with Crippen molar-refractivity contribution >= 4 is 17.4 Å². The number of hydrogen-bond acceptors (Lipinski definition) is 4. The molecule has 2 aliphatic heterocycles. The molecule has 1 spiro atoms. The monoisotopic (exact) mass is 342 g/mol. The highest BCUT2D eigenvalue weighted by molar-refractivity contribution is 6.30. The summed E-state index contributed by atoms with van der Waals surface area (Å²) in [5.41, 5.74) is -0.286. The first-order valence-corrected chi connectivity index (χ1v) is 8.68. The molecule has 6 heteroatoms. The third-order valence-electron chi connectivity index (χ3n) is 5.02. The van der Waals surface area contributed by atoms with Gasteiger partial charge in [-0.2, -0.15) is 0 Å². The van der Waals surface area contributed by atoms with Crippen molar-refractivity contribution in [3.05, 3.63) is 23.1 Å². The summed E-state index contributed by atoms with van der Waals surface area (Å²) in [6.07, 6.45) is 4.18. The first-order valence-electron chi connectivity index (χ1n) is 8.30. The Labute approximate surface area is 141 Å². The Hall–Kier alpha value is -0.910. The van der Waals surface area contributed by atoms with Crippen LogP contribution in [0.15, 0.2) is 12.3 Å². The molecule has 0 aromatic carbocycles. The van der Waals surface area contributed by atoms with Gasteiger partial charge in [0.25, 0.3) is 0 Å². The molecule has 1 aromatic heterocycles. The molecular weight excluding hydrogens is 319 g/mol. The van der Waals surface area contributed by atoms with Gasteiger partial charge in [-0.25, -0.2) is 9.37 Å². The summed E-state index contributed by atoms with van der Waals surface area (Å²) in [6, 6.07) is 1.30. The standard InChI is InChI=1S/C17H24ClFN2O2/c1-11(2)15-8-13(22)9-17(23-15)3-5-21(6-4-17)16-14(19)7-12(18)10-20-16/h7,10-11,13,15,22H,3-6,8-9H2,1-2H3/t13-,15-/m1/s1. The van der Waals surface area contributed by atoms with E-state index in [1.54, 1.807) is 0 Å². The number of halogens is 2. The fourth-order valence-corrected chi connectivity index (χ4v) is 3.84. The Kier molecular flexibility index (Phi) is 4.81. The molecular formula is C17H24ClFN2O2. The molecule has 128 valence electrons. The molecule has 0 unspecified atom stereocenters. The first kappa shape index (κ1) is 16.9.